The van der Waals surface area contributed by atoms with E-state index in [2.05, 4.69) is 20.6 Å². The monoisotopic (exact) mass is 456 g/mol. The molecule has 2 aromatic carbocycles. The number of anilines is 2. The first-order valence-electron chi connectivity index (χ1n) is 10.9. The third-order valence-electron chi connectivity index (χ3n) is 6.72. The molecule has 168 valence electrons. The summed E-state index contributed by atoms with van der Waals surface area (Å²) < 4.78 is 26.4. The fourth-order valence-corrected chi connectivity index (χ4v) is 5.10. The Kier molecular flexibility index (Phi) is 5.78. The lowest BCUT2D eigenvalue weighted by molar-refractivity contribution is 0.234. The Bertz CT molecular complexity index is 1150. The number of benzene rings is 2. The van der Waals surface area contributed by atoms with Crippen molar-refractivity contribution in [2.24, 2.45) is 17.8 Å². The van der Waals surface area contributed by atoms with Crippen molar-refractivity contribution in [2.45, 2.75) is 19.8 Å². The number of ether oxygens (including phenoxy) is 2. The molecular weight excluding hydrogens is 431 g/mol. The molecule has 3 aromatic rings. The van der Waals surface area contributed by atoms with Gasteiger partial charge in [-0.2, -0.15) is 0 Å². The highest BCUT2D eigenvalue weighted by molar-refractivity contribution is 6.31. The van der Waals surface area contributed by atoms with Gasteiger partial charge < -0.3 is 20.1 Å². The van der Waals surface area contributed by atoms with Gasteiger partial charge in [-0.25, -0.2) is 14.4 Å². The van der Waals surface area contributed by atoms with E-state index >= 15 is 0 Å². The van der Waals surface area contributed by atoms with Gasteiger partial charge in [0.2, 0.25) is 0 Å². The summed E-state index contributed by atoms with van der Waals surface area (Å²) in [6.45, 7) is 4.56. The first-order chi connectivity index (χ1) is 15.5. The fraction of sp³-hybridized carbons (Fsp3) is 0.417. The molecule has 0 spiro atoms. The van der Waals surface area contributed by atoms with Crippen LogP contribution in [-0.2, 0) is 0 Å². The summed E-state index contributed by atoms with van der Waals surface area (Å²) in [6.07, 6.45) is 3.86. The van der Waals surface area contributed by atoms with Crippen LogP contribution in [0.25, 0.3) is 10.9 Å². The molecule has 0 amide bonds. The third-order valence-corrected chi connectivity index (χ3v) is 7.13. The van der Waals surface area contributed by atoms with Crippen molar-refractivity contribution in [1.29, 1.82) is 0 Å². The van der Waals surface area contributed by atoms with Gasteiger partial charge in [0.25, 0.3) is 0 Å². The summed E-state index contributed by atoms with van der Waals surface area (Å²) in [5.41, 5.74) is 1.37. The van der Waals surface area contributed by atoms with E-state index in [0.29, 0.717) is 57.0 Å². The molecule has 2 aliphatic rings. The van der Waals surface area contributed by atoms with Gasteiger partial charge in [0.1, 0.15) is 12.1 Å². The van der Waals surface area contributed by atoms with E-state index in [0.717, 1.165) is 24.9 Å². The van der Waals surface area contributed by atoms with E-state index in [1.807, 2.05) is 12.1 Å². The highest BCUT2D eigenvalue weighted by Crippen LogP contribution is 2.40. The lowest BCUT2D eigenvalue weighted by Crippen LogP contribution is -2.15. The summed E-state index contributed by atoms with van der Waals surface area (Å²) >= 11 is 6.02. The molecule has 1 saturated carbocycles. The van der Waals surface area contributed by atoms with Crippen LogP contribution < -0.4 is 20.1 Å². The smallest absolute Gasteiger partial charge is 0.163 e. The van der Waals surface area contributed by atoms with Crippen LogP contribution in [0.2, 0.25) is 5.02 Å². The van der Waals surface area contributed by atoms with Crippen LogP contribution in [0.4, 0.5) is 15.9 Å². The van der Waals surface area contributed by atoms with Crippen molar-refractivity contribution >= 4 is 34.0 Å². The van der Waals surface area contributed by atoms with Crippen LogP contribution in [0.15, 0.2) is 30.6 Å². The Balaban J connectivity index is 1.39. The van der Waals surface area contributed by atoms with Crippen molar-refractivity contribution in [2.75, 3.05) is 32.1 Å². The predicted octanol–water partition coefficient (Wildman–Crippen LogP) is 5.11. The number of nitrogens with one attached hydrogen (secondary N) is 2. The van der Waals surface area contributed by atoms with Gasteiger partial charge in [-0.1, -0.05) is 11.6 Å². The minimum Gasteiger partial charge on any atom is -0.493 e. The Morgan fingerprint density at radius 2 is 1.94 bits per heavy atom. The second-order valence-corrected chi connectivity index (χ2v) is 9.14. The van der Waals surface area contributed by atoms with Gasteiger partial charge in [-0.15, -0.1) is 0 Å². The van der Waals surface area contributed by atoms with Gasteiger partial charge in [-0.05, 0) is 68.8 Å². The molecule has 6 nitrogen and oxygen atoms in total. The number of hydrogen-bond acceptors (Lipinski definition) is 6. The summed E-state index contributed by atoms with van der Waals surface area (Å²) in [6, 6.07) is 6.95. The van der Waals surface area contributed by atoms with Crippen LogP contribution in [0.3, 0.4) is 0 Å². The zero-order valence-corrected chi connectivity index (χ0v) is 18.9. The molecule has 0 unspecified atom stereocenters. The average molecular weight is 457 g/mol. The predicted molar refractivity (Wildman–Crippen MR) is 124 cm³/mol. The first-order valence-corrected chi connectivity index (χ1v) is 11.3. The van der Waals surface area contributed by atoms with Gasteiger partial charge in [0, 0.05) is 22.0 Å². The molecule has 5 rings (SSSR count). The Morgan fingerprint density at radius 3 is 2.69 bits per heavy atom. The molecule has 1 aliphatic carbocycles. The Morgan fingerprint density at radius 1 is 1.16 bits per heavy atom. The van der Waals surface area contributed by atoms with Gasteiger partial charge >= 0.3 is 0 Å². The van der Waals surface area contributed by atoms with E-state index < -0.39 is 5.82 Å². The zero-order valence-electron chi connectivity index (χ0n) is 18.1. The normalized spacial score (nSPS) is 22.2. The Labute approximate surface area is 191 Å². The van der Waals surface area contributed by atoms with Gasteiger partial charge in [0.05, 0.1) is 24.9 Å². The largest absolute Gasteiger partial charge is 0.493 e. The maximum Gasteiger partial charge on any atom is 0.163 e. The van der Waals surface area contributed by atoms with Crippen LogP contribution in [0, 0.1) is 30.5 Å². The molecule has 2 heterocycles. The number of nitrogens with zero attached hydrogens (tertiary/aromatic N) is 2. The first kappa shape index (κ1) is 21.2. The van der Waals surface area contributed by atoms with Crippen molar-refractivity contribution in [3.05, 3.63) is 47.0 Å². The van der Waals surface area contributed by atoms with E-state index in [1.165, 1.54) is 19.2 Å². The van der Waals surface area contributed by atoms with E-state index in [9.17, 15) is 4.39 Å². The molecular formula is C24H26ClFN4O2. The lowest BCUT2D eigenvalue weighted by Gasteiger charge is -2.17. The van der Waals surface area contributed by atoms with E-state index in [4.69, 9.17) is 21.1 Å². The summed E-state index contributed by atoms with van der Waals surface area (Å²) in [5.74, 6) is 3.45. The molecule has 2 N–H and O–H groups in total. The molecule has 0 radical (unpaired) electrons. The van der Waals surface area contributed by atoms with Crippen molar-refractivity contribution < 1.29 is 13.9 Å². The van der Waals surface area contributed by atoms with Crippen molar-refractivity contribution in [1.82, 2.24) is 15.3 Å². The number of fused-ring (bicyclic) bond motifs is 2. The number of hydrogen-bond donors (Lipinski definition) is 2. The SMILES string of the molecule is COc1cc2c(Nc3ccc(Cl)c(C)c3F)ncnc2cc1OC[C@@H]1C[C@H]2CNC[C@H]2C1. The topological polar surface area (TPSA) is 68.3 Å². The molecule has 1 aromatic heterocycles. The molecule has 32 heavy (non-hydrogen) atoms. The molecule has 1 aliphatic heterocycles. The number of aromatic nitrogens is 2. The lowest BCUT2D eigenvalue weighted by atomic mass is 10.0. The van der Waals surface area contributed by atoms with E-state index in [1.54, 1.807) is 26.2 Å². The van der Waals surface area contributed by atoms with Crippen molar-refractivity contribution in [3.8, 4) is 11.5 Å². The quantitative estimate of drug-likeness (QED) is 0.537. The maximum atomic E-state index is 14.7. The number of methoxy groups -OCH3 is 1. The fourth-order valence-electron chi connectivity index (χ4n) is 4.96. The van der Waals surface area contributed by atoms with Crippen LogP contribution >= 0.6 is 11.6 Å². The summed E-state index contributed by atoms with van der Waals surface area (Å²) in [5, 5.41) is 7.64. The highest BCUT2D eigenvalue weighted by Gasteiger charge is 2.37. The second-order valence-electron chi connectivity index (χ2n) is 8.73. The standard InChI is InChI=1S/C24H26ClFN4O2/c1-13-18(25)3-4-19(23(13)26)30-24-17-7-21(31-2)22(8-20(17)28-12-29-24)32-11-14-5-15-9-27-10-16(15)6-14/h3-4,7-8,12,14-16,27H,5-6,9-11H2,1-2H3,(H,28,29,30)/t14-,15+,16-. The molecule has 0 bridgehead atoms. The third kappa shape index (κ3) is 3.95. The van der Waals surface area contributed by atoms with Gasteiger partial charge in [-0.3, -0.25) is 0 Å². The Hall–Kier alpha value is -2.64. The van der Waals surface area contributed by atoms with Crippen molar-refractivity contribution in [3.63, 3.8) is 0 Å². The minimum absolute atomic E-state index is 0.299. The molecule has 1 saturated heterocycles. The molecule has 3 atom stereocenters. The van der Waals surface area contributed by atoms with Crippen LogP contribution in [0.1, 0.15) is 18.4 Å². The highest BCUT2D eigenvalue weighted by atomic mass is 35.5. The maximum absolute atomic E-state index is 14.7. The van der Waals surface area contributed by atoms with E-state index in [-0.39, 0.29) is 0 Å². The summed E-state index contributed by atoms with van der Waals surface area (Å²) in [4.78, 5) is 8.71. The number of rotatable bonds is 6. The van der Waals surface area contributed by atoms with Crippen LogP contribution in [-0.4, -0.2) is 36.8 Å². The molecule has 2 fully saturated rings. The van der Waals surface area contributed by atoms with Gasteiger partial charge in [0.15, 0.2) is 17.3 Å². The zero-order chi connectivity index (χ0) is 22.2. The molecule has 8 heteroatoms. The van der Waals surface area contributed by atoms with Crippen LogP contribution in [0.5, 0.6) is 11.5 Å². The second kappa shape index (κ2) is 8.71. The number of halogens is 2. The summed E-state index contributed by atoms with van der Waals surface area (Å²) in [7, 11) is 1.61. The minimum atomic E-state index is -0.410. The average Bonchev–Trinajstić information content (AvgIpc) is 3.39.